The van der Waals surface area contributed by atoms with Gasteiger partial charge in [-0.25, -0.2) is 9.59 Å². The molecule has 0 radical (unpaired) electrons. The Balaban J connectivity index is 1.49. The Morgan fingerprint density at radius 3 is 2.34 bits per heavy atom. The summed E-state index contributed by atoms with van der Waals surface area (Å²) in [4.78, 5) is 40.3. The zero-order valence-electron chi connectivity index (χ0n) is 16.5. The fourth-order valence-electron chi connectivity index (χ4n) is 3.26. The molecule has 29 heavy (non-hydrogen) atoms. The molecule has 0 bridgehead atoms. The Morgan fingerprint density at radius 2 is 1.72 bits per heavy atom. The number of hydrogen-bond acceptors (Lipinski definition) is 7. The molecule has 0 N–H and O–H groups in total. The van der Waals surface area contributed by atoms with Gasteiger partial charge < -0.3 is 9.64 Å². The molecule has 9 nitrogen and oxygen atoms in total. The number of aromatic nitrogens is 2. The van der Waals surface area contributed by atoms with Crippen molar-refractivity contribution in [2.75, 3.05) is 44.2 Å². The van der Waals surface area contributed by atoms with Crippen LogP contribution in [0.2, 0.25) is 0 Å². The average Bonchev–Trinajstić information content (AvgIpc) is 2.75. The van der Waals surface area contributed by atoms with Crippen LogP contribution in [0.25, 0.3) is 0 Å². The molecule has 1 fully saturated rings. The lowest BCUT2D eigenvalue weighted by Gasteiger charge is -2.36. The summed E-state index contributed by atoms with van der Waals surface area (Å²) < 4.78 is 7.88. The van der Waals surface area contributed by atoms with Crippen LogP contribution >= 0.6 is 0 Å². The van der Waals surface area contributed by atoms with Crippen molar-refractivity contribution >= 4 is 11.8 Å². The summed E-state index contributed by atoms with van der Waals surface area (Å²) in [6, 6.07) is 9.81. The minimum Gasteiger partial charge on any atom is -0.461 e. The molecule has 0 unspecified atom stereocenters. The van der Waals surface area contributed by atoms with Crippen LogP contribution in [-0.4, -0.2) is 59.3 Å². The molecule has 1 aromatic heterocycles. The van der Waals surface area contributed by atoms with E-state index in [1.807, 2.05) is 11.0 Å². The summed E-state index contributed by atoms with van der Waals surface area (Å²) in [7, 11) is 3.12. The summed E-state index contributed by atoms with van der Waals surface area (Å²) in [6.45, 7) is 3.68. The average molecular weight is 397 g/mol. The van der Waals surface area contributed by atoms with E-state index in [9.17, 15) is 14.4 Å². The van der Waals surface area contributed by atoms with Crippen molar-refractivity contribution in [3.8, 4) is 6.07 Å². The minimum absolute atomic E-state index is 0.267. The van der Waals surface area contributed by atoms with Gasteiger partial charge in [-0.3, -0.25) is 18.8 Å². The maximum Gasteiger partial charge on any atom is 0.338 e. The number of nitrogens with zero attached hydrogens (tertiary/aromatic N) is 5. The topological polar surface area (TPSA) is 101 Å². The van der Waals surface area contributed by atoms with E-state index in [-0.39, 0.29) is 17.9 Å². The number of carbonyl (C=O) groups is 1. The van der Waals surface area contributed by atoms with Crippen molar-refractivity contribution in [3.63, 3.8) is 0 Å². The van der Waals surface area contributed by atoms with E-state index in [1.54, 1.807) is 31.3 Å². The predicted octanol–water partition coefficient (Wildman–Crippen LogP) is -0.0653. The lowest BCUT2D eigenvalue weighted by molar-refractivity contribution is 0.0459. The summed E-state index contributed by atoms with van der Waals surface area (Å²) in [5.74, 6) is 0.202. The molecule has 9 heteroatoms. The first-order chi connectivity index (χ1) is 13.9. The van der Waals surface area contributed by atoms with E-state index >= 15 is 0 Å². The molecule has 1 saturated heterocycles. The van der Waals surface area contributed by atoms with E-state index in [0.717, 1.165) is 17.7 Å². The molecule has 0 atom stereocenters. The van der Waals surface area contributed by atoms with Crippen molar-refractivity contribution in [1.29, 1.82) is 5.26 Å². The van der Waals surface area contributed by atoms with E-state index in [1.165, 1.54) is 17.7 Å². The third kappa shape index (κ3) is 4.55. The van der Waals surface area contributed by atoms with Crippen LogP contribution in [0.4, 0.5) is 5.82 Å². The first-order valence-corrected chi connectivity index (χ1v) is 9.32. The predicted molar refractivity (Wildman–Crippen MR) is 107 cm³/mol. The van der Waals surface area contributed by atoms with Gasteiger partial charge in [0.15, 0.2) is 0 Å². The second-order valence-electron chi connectivity index (χ2n) is 6.90. The number of benzene rings is 1. The molecule has 0 spiro atoms. The van der Waals surface area contributed by atoms with Crippen molar-refractivity contribution in [2.45, 2.75) is 0 Å². The van der Waals surface area contributed by atoms with Crippen LogP contribution < -0.4 is 16.1 Å². The molecular weight excluding hydrogens is 374 g/mol. The number of anilines is 1. The van der Waals surface area contributed by atoms with E-state index in [2.05, 4.69) is 4.90 Å². The van der Waals surface area contributed by atoms with Crippen LogP contribution in [0.3, 0.4) is 0 Å². The van der Waals surface area contributed by atoms with Gasteiger partial charge in [0.2, 0.25) is 0 Å². The molecule has 2 aromatic rings. The summed E-state index contributed by atoms with van der Waals surface area (Å²) >= 11 is 0. The van der Waals surface area contributed by atoms with Gasteiger partial charge >= 0.3 is 11.7 Å². The lowest BCUT2D eigenvalue weighted by atomic mass is 10.1. The number of carbonyl (C=O) groups excluding carboxylic acids is 1. The SMILES string of the molecule is Cn1c(N2CCN(CCOC(=O)c3ccc(C#N)cc3)CC2)cc(=O)n(C)c1=O. The van der Waals surface area contributed by atoms with Gasteiger partial charge in [0.25, 0.3) is 5.56 Å². The van der Waals surface area contributed by atoms with Gasteiger partial charge in [-0.05, 0) is 24.3 Å². The minimum atomic E-state index is -0.414. The normalized spacial score (nSPS) is 14.4. The first kappa shape index (κ1) is 20.4. The van der Waals surface area contributed by atoms with Crippen LogP contribution in [0.15, 0.2) is 39.9 Å². The number of rotatable bonds is 5. The second-order valence-corrected chi connectivity index (χ2v) is 6.90. The van der Waals surface area contributed by atoms with Gasteiger partial charge in [-0.15, -0.1) is 0 Å². The highest BCUT2D eigenvalue weighted by Gasteiger charge is 2.20. The van der Waals surface area contributed by atoms with E-state index in [0.29, 0.717) is 36.6 Å². The smallest absolute Gasteiger partial charge is 0.338 e. The van der Waals surface area contributed by atoms with Gasteiger partial charge in [0, 0.05) is 52.9 Å². The second kappa shape index (κ2) is 8.75. The molecule has 1 aliphatic heterocycles. The summed E-state index contributed by atoms with van der Waals surface area (Å²) in [5, 5.41) is 8.79. The molecule has 152 valence electrons. The number of hydrogen-bond donors (Lipinski definition) is 0. The first-order valence-electron chi connectivity index (χ1n) is 9.32. The maximum absolute atomic E-state index is 12.1. The van der Waals surface area contributed by atoms with Gasteiger partial charge in [-0.2, -0.15) is 5.26 Å². The van der Waals surface area contributed by atoms with Crippen molar-refractivity contribution < 1.29 is 9.53 Å². The molecule has 1 aliphatic rings. The summed E-state index contributed by atoms with van der Waals surface area (Å²) in [5.41, 5.74) is 0.249. The zero-order chi connectivity index (χ0) is 21.0. The quantitative estimate of drug-likeness (QED) is 0.651. The van der Waals surface area contributed by atoms with Crippen molar-refractivity contribution in [3.05, 3.63) is 62.3 Å². The molecule has 3 rings (SSSR count). The third-order valence-electron chi connectivity index (χ3n) is 5.09. The highest BCUT2D eigenvalue weighted by Crippen LogP contribution is 2.12. The Kier molecular flexibility index (Phi) is 6.14. The van der Waals surface area contributed by atoms with Crippen molar-refractivity contribution in [1.82, 2.24) is 14.0 Å². The number of nitriles is 1. The van der Waals surface area contributed by atoms with Gasteiger partial charge in [0.1, 0.15) is 12.4 Å². The fraction of sp³-hybridized carbons (Fsp3) is 0.400. The zero-order valence-corrected chi connectivity index (χ0v) is 16.5. The molecular formula is C20H23N5O4. The molecule has 0 aliphatic carbocycles. The van der Waals surface area contributed by atoms with Crippen LogP contribution in [0.5, 0.6) is 0 Å². The Bertz CT molecular complexity index is 1040. The Morgan fingerprint density at radius 1 is 1.07 bits per heavy atom. The van der Waals surface area contributed by atoms with Crippen LogP contribution in [-0.2, 0) is 18.8 Å². The van der Waals surface area contributed by atoms with Crippen LogP contribution in [0, 0.1) is 11.3 Å². The monoisotopic (exact) mass is 397 g/mol. The molecule has 2 heterocycles. The lowest BCUT2D eigenvalue weighted by Crippen LogP contribution is -2.50. The van der Waals surface area contributed by atoms with Crippen LogP contribution in [0.1, 0.15) is 15.9 Å². The van der Waals surface area contributed by atoms with E-state index in [4.69, 9.17) is 10.00 Å². The molecule has 1 aromatic carbocycles. The standard InChI is InChI=1S/C20H23N5O4/c1-22-17(13-18(26)23(2)20(22)28)25-9-7-24(8-10-25)11-12-29-19(27)16-5-3-15(14-21)4-6-16/h3-6,13H,7-12H2,1-2H3. The highest BCUT2D eigenvalue weighted by atomic mass is 16.5. The number of ether oxygens (including phenoxy) is 1. The molecule has 0 saturated carbocycles. The largest absolute Gasteiger partial charge is 0.461 e. The maximum atomic E-state index is 12.1. The Hall–Kier alpha value is -3.38. The number of piperazine rings is 1. The van der Waals surface area contributed by atoms with Gasteiger partial charge in [-0.1, -0.05) is 0 Å². The summed E-state index contributed by atoms with van der Waals surface area (Å²) in [6.07, 6.45) is 0. The Labute approximate surface area is 168 Å². The third-order valence-corrected chi connectivity index (χ3v) is 5.09. The van der Waals surface area contributed by atoms with Crippen molar-refractivity contribution in [2.24, 2.45) is 14.1 Å². The highest BCUT2D eigenvalue weighted by molar-refractivity contribution is 5.89. The molecule has 0 amide bonds. The van der Waals surface area contributed by atoms with Gasteiger partial charge in [0.05, 0.1) is 17.2 Å². The van der Waals surface area contributed by atoms with E-state index < -0.39 is 5.97 Å². The fourth-order valence-corrected chi connectivity index (χ4v) is 3.26. The number of esters is 1.